The molecule has 43 heavy (non-hydrogen) atoms. The van der Waals surface area contributed by atoms with Gasteiger partial charge < -0.3 is 15.1 Å². The summed E-state index contributed by atoms with van der Waals surface area (Å²) in [4.78, 5) is 32.2. The van der Waals surface area contributed by atoms with E-state index in [4.69, 9.17) is 11.6 Å². The second-order valence-electron chi connectivity index (χ2n) is 13.2. The maximum absolute atomic E-state index is 13.9. The molecule has 0 unspecified atom stereocenters. The number of anilines is 1. The molecule has 1 aromatic carbocycles. The quantitative estimate of drug-likeness (QED) is 0.498. The maximum Gasteiger partial charge on any atom is 0.267 e. The van der Waals surface area contributed by atoms with E-state index in [1.54, 1.807) is 12.1 Å². The molecule has 0 radical (unpaired) electrons. The number of carbonyl (C=O) groups excluding carboxylic acids is 2. The highest BCUT2D eigenvalue weighted by Crippen LogP contribution is 2.44. The number of amides is 2. The SMILES string of the molecule is C.CC(C)(C)N1CCN(c2ccc(S(=O)(=O)[C@@H]3C[C@@H](C(=O)NC4(C#N)CC4)[C@H](C(=O)N4CCC(F)(F)C4)C3)c(Cl)c2)CC1. The second-order valence-corrected chi connectivity index (χ2v) is 15.8. The molecule has 2 aliphatic carbocycles. The van der Waals surface area contributed by atoms with Gasteiger partial charge in [-0.25, -0.2) is 17.2 Å². The van der Waals surface area contributed by atoms with Gasteiger partial charge in [0.05, 0.1) is 39.6 Å². The number of hydrogen-bond donors (Lipinski definition) is 1. The highest BCUT2D eigenvalue weighted by atomic mass is 35.5. The summed E-state index contributed by atoms with van der Waals surface area (Å²) in [5.74, 6) is -6.42. The molecule has 0 bridgehead atoms. The van der Waals surface area contributed by atoms with Gasteiger partial charge in [0.2, 0.25) is 11.8 Å². The van der Waals surface area contributed by atoms with E-state index in [0.29, 0.717) is 12.8 Å². The molecular formula is C30H42ClF2N5O4S. The summed E-state index contributed by atoms with van der Waals surface area (Å²) in [6, 6.07) is 6.90. The van der Waals surface area contributed by atoms with Crippen molar-refractivity contribution < 1.29 is 26.8 Å². The Morgan fingerprint density at radius 2 is 1.67 bits per heavy atom. The Labute approximate surface area is 258 Å². The predicted octanol–water partition coefficient (Wildman–Crippen LogP) is 4.11. The van der Waals surface area contributed by atoms with Crippen molar-refractivity contribution in [3.05, 3.63) is 23.2 Å². The summed E-state index contributed by atoms with van der Waals surface area (Å²) in [7, 11) is -4.08. The molecular weight excluding hydrogens is 600 g/mol. The van der Waals surface area contributed by atoms with E-state index in [1.165, 1.54) is 6.07 Å². The third-order valence-electron chi connectivity index (χ3n) is 9.24. The first-order valence-electron chi connectivity index (χ1n) is 14.5. The van der Waals surface area contributed by atoms with Crippen LogP contribution in [-0.4, -0.2) is 91.6 Å². The fourth-order valence-corrected chi connectivity index (χ4v) is 8.78. The minimum absolute atomic E-state index is 0. The summed E-state index contributed by atoms with van der Waals surface area (Å²) in [6.07, 6.45) is 0.105. The fraction of sp³-hybridized carbons (Fsp3) is 0.700. The van der Waals surface area contributed by atoms with E-state index in [1.807, 2.05) is 0 Å². The molecule has 4 aliphatic rings. The molecule has 3 atom stereocenters. The molecule has 4 fully saturated rings. The highest BCUT2D eigenvalue weighted by Gasteiger charge is 2.53. The van der Waals surface area contributed by atoms with Crippen LogP contribution in [0.4, 0.5) is 14.5 Å². The van der Waals surface area contributed by atoms with Crippen LogP contribution in [0.3, 0.4) is 0 Å². The van der Waals surface area contributed by atoms with Crippen LogP contribution in [0.2, 0.25) is 5.02 Å². The van der Waals surface area contributed by atoms with Crippen molar-refractivity contribution in [1.82, 2.24) is 15.1 Å². The number of likely N-dealkylation sites (tertiary alicyclic amines) is 1. The first kappa shape index (κ1) is 33.4. The number of nitrogens with zero attached hydrogens (tertiary/aromatic N) is 4. The average Bonchev–Trinajstić information content (AvgIpc) is 3.37. The predicted molar refractivity (Wildman–Crippen MR) is 161 cm³/mol. The lowest BCUT2D eigenvalue weighted by molar-refractivity contribution is -0.141. The van der Waals surface area contributed by atoms with Crippen LogP contribution in [0.15, 0.2) is 23.1 Å². The monoisotopic (exact) mass is 641 g/mol. The molecule has 1 N–H and O–H groups in total. The smallest absolute Gasteiger partial charge is 0.267 e. The molecule has 2 saturated carbocycles. The van der Waals surface area contributed by atoms with E-state index < -0.39 is 63.2 Å². The lowest BCUT2D eigenvalue weighted by atomic mass is 9.93. The van der Waals surface area contributed by atoms with E-state index in [-0.39, 0.29) is 42.3 Å². The molecule has 2 aliphatic heterocycles. The lowest BCUT2D eigenvalue weighted by Crippen LogP contribution is -2.53. The molecule has 2 amide bonds. The van der Waals surface area contributed by atoms with E-state index in [0.717, 1.165) is 36.8 Å². The molecule has 5 rings (SSSR count). The van der Waals surface area contributed by atoms with Gasteiger partial charge in [-0.3, -0.25) is 14.5 Å². The van der Waals surface area contributed by atoms with Crippen LogP contribution in [0.5, 0.6) is 0 Å². The Hall–Kier alpha value is -2.49. The zero-order valence-corrected chi connectivity index (χ0v) is 25.8. The van der Waals surface area contributed by atoms with Gasteiger partial charge in [-0.1, -0.05) is 19.0 Å². The van der Waals surface area contributed by atoms with E-state index in [2.05, 4.69) is 42.0 Å². The number of piperazine rings is 1. The van der Waals surface area contributed by atoms with E-state index in [9.17, 15) is 32.0 Å². The highest BCUT2D eigenvalue weighted by molar-refractivity contribution is 7.92. The first-order valence-corrected chi connectivity index (χ1v) is 16.4. The molecule has 9 nitrogen and oxygen atoms in total. The molecule has 238 valence electrons. The number of halogens is 3. The van der Waals surface area contributed by atoms with Gasteiger partial charge >= 0.3 is 0 Å². The van der Waals surface area contributed by atoms with Crippen molar-refractivity contribution in [1.29, 1.82) is 5.26 Å². The first-order chi connectivity index (χ1) is 19.6. The third-order valence-corrected chi connectivity index (χ3v) is 11.9. The fourth-order valence-electron chi connectivity index (χ4n) is 6.42. The Morgan fingerprint density at radius 1 is 1.05 bits per heavy atom. The lowest BCUT2D eigenvalue weighted by Gasteiger charge is -2.43. The normalized spacial score (nSPS) is 26.9. The van der Waals surface area contributed by atoms with Crippen LogP contribution in [0, 0.1) is 23.2 Å². The van der Waals surface area contributed by atoms with Crippen molar-refractivity contribution >= 4 is 38.9 Å². The zero-order valence-electron chi connectivity index (χ0n) is 24.2. The summed E-state index contributed by atoms with van der Waals surface area (Å²) >= 11 is 6.57. The van der Waals surface area contributed by atoms with Crippen molar-refractivity contribution in [2.45, 2.75) is 87.4 Å². The Bertz CT molecular complexity index is 1400. The Morgan fingerprint density at radius 3 is 2.19 bits per heavy atom. The largest absolute Gasteiger partial charge is 0.369 e. The number of sulfone groups is 1. The minimum Gasteiger partial charge on any atom is -0.369 e. The van der Waals surface area contributed by atoms with Gasteiger partial charge in [-0.15, -0.1) is 0 Å². The van der Waals surface area contributed by atoms with Crippen molar-refractivity contribution in [3.63, 3.8) is 0 Å². The Balaban J connectivity index is 0.00000423. The molecule has 1 aromatic rings. The second kappa shape index (κ2) is 11.8. The number of benzene rings is 1. The number of nitriles is 1. The van der Waals surface area contributed by atoms with Crippen LogP contribution in [-0.2, 0) is 19.4 Å². The number of nitrogens with one attached hydrogen (secondary N) is 1. The molecule has 2 heterocycles. The van der Waals surface area contributed by atoms with Gasteiger partial charge in [0.1, 0.15) is 5.54 Å². The summed E-state index contributed by atoms with van der Waals surface area (Å²) in [6.45, 7) is 8.84. The van der Waals surface area contributed by atoms with Crippen molar-refractivity contribution in [2.24, 2.45) is 11.8 Å². The number of hydrogen-bond acceptors (Lipinski definition) is 7. The third kappa shape index (κ3) is 6.79. The van der Waals surface area contributed by atoms with Crippen LogP contribution < -0.4 is 10.2 Å². The van der Waals surface area contributed by atoms with Gasteiger partial charge in [0.25, 0.3) is 5.92 Å². The summed E-state index contributed by atoms with van der Waals surface area (Å²) in [5, 5.41) is 11.1. The summed E-state index contributed by atoms with van der Waals surface area (Å²) in [5.41, 5.74) is -0.147. The summed E-state index contributed by atoms with van der Waals surface area (Å²) < 4.78 is 55.6. The topological polar surface area (TPSA) is 114 Å². The maximum atomic E-state index is 13.9. The van der Waals surface area contributed by atoms with Crippen molar-refractivity contribution in [3.8, 4) is 6.07 Å². The number of alkyl halides is 2. The van der Waals surface area contributed by atoms with Gasteiger partial charge in [-0.05, 0) is 64.7 Å². The van der Waals surface area contributed by atoms with E-state index >= 15 is 0 Å². The van der Waals surface area contributed by atoms with Gasteiger partial charge in [0.15, 0.2) is 9.84 Å². The van der Waals surface area contributed by atoms with Crippen LogP contribution in [0.1, 0.15) is 60.3 Å². The average molecular weight is 642 g/mol. The molecule has 0 spiro atoms. The van der Waals surface area contributed by atoms with Gasteiger partial charge in [-0.2, -0.15) is 5.26 Å². The molecule has 13 heteroatoms. The molecule has 0 aromatic heterocycles. The van der Waals surface area contributed by atoms with Crippen LogP contribution >= 0.6 is 11.6 Å². The zero-order chi connectivity index (χ0) is 30.7. The number of rotatable bonds is 6. The Kier molecular flexibility index (Phi) is 9.16. The molecule has 2 saturated heterocycles. The standard InChI is InChI=1S/C29H38ClF2N5O4S.CH4/c1-27(2,3)37-12-10-35(11-13-37)19-4-5-24(23(30)14-19)42(40,41)20-15-21(25(38)34-28(17-33)6-7-28)22(16-20)26(39)36-9-8-29(31,32)18-36;/h4-5,14,20-22H,6-13,15-16,18H2,1-3H3,(H,34,38);1H4/t20-,21-,22-;/m1./s1. The minimum atomic E-state index is -4.08. The van der Waals surface area contributed by atoms with Crippen molar-refractivity contribution in [2.75, 3.05) is 44.2 Å². The van der Waals surface area contributed by atoms with Gasteiger partial charge in [0, 0.05) is 50.4 Å². The van der Waals surface area contributed by atoms with Crippen LogP contribution in [0.25, 0.3) is 0 Å². The number of carbonyl (C=O) groups is 2.